The third-order valence-corrected chi connectivity index (χ3v) is 6.43. The second-order valence-electron chi connectivity index (χ2n) is 8.32. The summed E-state index contributed by atoms with van der Waals surface area (Å²) in [5, 5.41) is 2.67. The van der Waals surface area contributed by atoms with Crippen molar-refractivity contribution in [1.29, 1.82) is 0 Å². The Morgan fingerprint density at radius 1 is 1.12 bits per heavy atom. The summed E-state index contributed by atoms with van der Waals surface area (Å²) in [5.41, 5.74) is 1.55. The molecular weight excluding hydrogens is 461 g/mol. The molecule has 0 radical (unpaired) electrons. The quantitative estimate of drug-likeness (QED) is 0.412. The van der Waals surface area contributed by atoms with Gasteiger partial charge >= 0.3 is 6.03 Å². The van der Waals surface area contributed by atoms with Gasteiger partial charge in [0.05, 0.1) is 18.7 Å². The molecule has 0 bridgehead atoms. The maximum Gasteiger partial charge on any atom is 0.325 e. The molecule has 2 aromatic carbocycles. The number of urea groups is 1. The highest BCUT2D eigenvalue weighted by Crippen LogP contribution is 2.31. The average molecular weight is 484 g/mol. The van der Waals surface area contributed by atoms with Gasteiger partial charge in [-0.15, -0.1) is 0 Å². The van der Waals surface area contributed by atoms with Crippen LogP contribution < -0.4 is 10.1 Å². The van der Waals surface area contributed by atoms with Crippen molar-refractivity contribution in [1.82, 2.24) is 14.8 Å². The molecule has 0 spiro atoms. The molecule has 7 nitrogen and oxygen atoms in total. The van der Waals surface area contributed by atoms with Crippen molar-refractivity contribution < 1.29 is 23.5 Å². The van der Waals surface area contributed by atoms with E-state index in [9.17, 15) is 18.8 Å². The minimum absolute atomic E-state index is 0.0324. The first-order valence-corrected chi connectivity index (χ1v) is 10.9. The standard InChI is InChI=1S/C25H23ClFN3O4/c1-14-11-19(15(2)30(14)17-7-10-21(27)20(26)12-17)22(31)13-29-23(32)25(3,28-24(29)33)16-5-8-18(34-4)9-6-16/h5-12H,13H2,1-4H3,(H,28,33). The minimum atomic E-state index is -1.30. The van der Waals surface area contributed by atoms with Gasteiger partial charge in [-0.05, 0) is 62.7 Å². The van der Waals surface area contributed by atoms with Crippen LogP contribution in [0.1, 0.15) is 34.2 Å². The van der Waals surface area contributed by atoms with E-state index in [1.807, 2.05) is 0 Å². The number of nitrogens with one attached hydrogen (secondary N) is 1. The SMILES string of the molecule is COc1ccc(C2(C)NC(=O)N(CC(=O)c3cc(C)n(-c4ccc(F)c(Cl)c4)c3C)C2=O)cc1. The van der Waals surface area contributed by atoms with Gasteiger partial charge in [-0.1, -0.05) is 23.7 Å². The molecule has 2 heterocycles. The van der Waals surface area contributed by atoms with Gasteiger partial charge in [0.25, 0.3) is 5.91 Å². The highest BCUT2D eigenvalue weighted by Gasteiger charge is 2.49. The molecule has 34 heavy (non-hydrogen) atoms. The van der Waals surface area contributed by atoms with E-state index in [1.54, 1.807) is 61.7 Å². The fourth-order valence-electron chi connectivity index (χ4n) is 4.26. The molecule has 1 aliphatic rings. The number of hydrogen-bond donors (Lipinski definition) is 1. The predicted octanol–water partition coefficient (Wildman–Crippen LogP) is 4.55. The van der Waals surface area contributed by atoms with Crippen LogP contribution in [0, 0.1) is 19.7 Å². The largest absolute Gasteiger partial charge is 0.497 e. The molecule has 9 heteroatoms. The molecule has 1 aliphatic heterocycles. The van der Waals surface area contributed by atoms with Crippen molar-refractivity contribution in [2.75, 3.05) is 13.7 Å². The number of amides is 3. The maximum atomic E-state index is 13.6. The van der Waals surface area contributed by atoms with E-state index < -0.39 is 35.6 Å². The summed E-state index contributed by atoms with van der Waals surface area (Å²) in [6.07, 6.45) is 0. The van der Waals surface area contributed by atoms with Gasteiger partial charge in [-0.2, -0.15) is 0 Å². The van der Waals surface area contributed by atoms with Crippen LogP contribution >= 0.6 is 11.6 Å². The number of imide groups is 1. The number of nitrogens with zero attached hydrogens (tertiary/aromatic N) is 2. The predicted molar refractivity (Wildman–Crippen MR) is 125 cm³/mol. The number of aryl methyl sites for hydroxylation is 1. The number of carbonyl (C=O) groups is 3. The monoisotopic (exact) mass is 483 g/mol. The Balaban J connectivity index is 1.60. The number of aromatic nitrogens is 1. The molecule has 1 N–H and O–H groups in total. The molecule has 0 aliphatic carbocycles. The highest BCUT2D eigenvalue weighted by molar-refractivity contribution is 6.30. The number of ether oxygens (including phenoxy) is 1. The average Bonchev–Trinajstić information content (AvgIpc) is 3.23. The Morgan fingerprint density at radius 2 is 1.79 bits per heavy atom. The van der Waals surface area contributed by atoms with Gasteiger partial charge in [0.1, 0.15) is 17.1 Å². The summed E-state index contributed by atoms with van der Waals surface area (Å²) in [5.74, 6) is -0.832. The van der Waals surface area contributed by atoms with Gasteiger partial charge in [0.15, 0.2) is 5.78 Å². The van der Waals surface area contributed by atoms with Gasteiger partial charge in [0, 0.05) is 22.6 Å². The zero-order valence-corrected chi connectivity index (χ0v) is 19.9. The Hall–Kier alpha value is -3.65. The molecule has 1 unspecified atom stereocenters. The van der Waals surface area contributed by atoms with E-state index in [0.717, 1.165) is 10.6 Å². The number of ketones is 1. The summed E-state index contributed by atoms with van der Waals surface area (Å²) in [6.45, 7) is 4.73. The number of carbonyl (C=O) groups excluding carboxylic acids is 3. The van der Waals surface area contributed by atoms with Gasteiger partial charge in [0.2, 0.25) is 0 Å². The lowest BCUT2D eigenvalue weighted by atomic mass is 9.92. The molecule has 176 valence electrons. The maximum absolute atomic E-state index is 13.6. The lowest BCUT2D eigenvalue weighted by Crippen LogP contribution is -2.41. The van der Waals surface area contributed by atoms with Crippen molar-refractivity contribution >= 4 is 29.3 Å². The van der Waals surface area contributed by atoms with Crippen LogP contribution in [0.4, 0.5) is 9.18 Å². The van der Waals surface area contributed by atoms with E-state index in [4.69, 9.17) is 16.3 Å². The normalized spacial score (nSPS) is 17.8. The molecule has 4 rings (SSSR count). The van der Waals surface area contributed by atoms with E-state index in [0.29, 0.717) is 28.3 Å². The molecule has 1 fully saturated rings. The number of halogens is 2. The van der Waals surface area contributed by atoms with Gasteiger partial charge in [-0.25, -0.2) is 9.18 Å². The second kappa shape index (κ2) is 8.61. The molecular formula is C25H23ClFN3O4. The second-order valence-corrected chi connectivity index (χ2v) is 8.72. The highest BCUT2D eigenvalue weighted by atomic mass is 35.5. The molecule has 0 saturated carbocycles. The topological polar surface area (TPSA) is 80.6 Å². The van der Waals surface area contributed by atoms with Crippen LogP contribution in [0.15, 0.2) is 48.5 Å². The number of Topliss-reactive ketones (excluding diaryl/α,β-unsaturated/α-hetero) is 1. The Morgan fingerprint density at radius 3 is 2.41 bits per heavy atom. The third kappa shape index (κ3) is 3.84. The summed E-state index contributed by atoms with van der Waals surface area (Å²) in [6, 6.07) is 12.1. The minimum Gasteiger partial charge on any atom is -0.497 e. The van der Waals surface area contributed by atoms with E-state index in [-0.39, 0.29) is 5.02 Å². The third-order valence-electron chi connectivity index (χ3n) is 6.14. The van der Waals surface area contributed by atoms with Crippen molar-refractivity contribution in [3.63, 3.8) is 0 Å². The summed E-state index contributed by atoms with van der Waals surface area (Å²) in [4.78, 5) is 40.0. The van der Waals surface area contributed by atoms with Gasteiger partial charge < -0.3 is 14.6 Å². The van der Waals surface area contributed by atoms with Crippen LogP contribution in [0.25, 0.3) is 5.69 Å². The van der Waals surface area contributed by atoms with Crippen LogP contribution in [0.2, 0.25) is 5.02 Å². The zero-order chi connectivity index (χ0) is 24.8. The van der Waals surface area contributed by atoms with Crippen LogP contribution in [0.3, 0.4) is 0 Å². The molecule has 1 atom stereocenters. The molecule has 1 aromatic heterocycles. The first kappa shape index (κ1) is 23.5. The van der Waals surface area contributed by atoms with Crippen LogP contribution in [-0.4, -0.2) is 40.8 Å². The lowest BCUT2D eigenvalue weighted by Gasteiger charge is -2.22. The number of hydrogen-bond acceptors (Lipinski definition) is 4. The number of rotatable bonds is 6. The molecule has 3 amide bonds. The fraction of sp³-hybridized carbons (Fsp3) is 0.240. The Bertz CT molecular complexity index is 1320. The Kier molecular flexibility index (Phi) is 5.95. The number of benzene rings is 2. The Labute approximate surface area is 201 Å². The lowest BCUT2D eigenvalue weighted by molar-refractivity contribution is -0.130. The van der Waals surface area contributed by atoms with Crippen molar-refractivity contribution in [2.24, 2.45) is 0 Å². The smallest absolute Gasteiger partial charge is 0.325 e. The van der Waals surface area contributed by atoms with Gasteiger partial charge in [-0.3, -0.25) is 14.5 Å². The van der Waals surface area contributed by atoms with E-state index >= 15 is 0 Å². The van der Waals surface area contributed by atoms with E-state index in [1.165, 1.54) is 19.2 Å². The first-order valence-electron chi connectivity index (χ1n) is 10.5. The van der Waals surface area contributed by atoms with Crippen molar-refractivity contribution in [2.45, 2.75) is 26.3 Å². The summed E-state index contributed by atoms with van der Waals surface area (Å²) >= 11 is 5.93. The molecule has 3 aromatic rings. The van der Waals surface area contributed by atoms with Crippen LogP contribution in [-0.2, 0) is 10.3 Å². The van der Waals surface area contributed by atoms with E-state index in [2.05, 4.69) is 5.32 Å². The first-order chi connectivity index (χ1) is 16.1. The van der Waals surface area contributed by atoms with Crippen LogP contribution in [0.5, 0.6) is 5.75 Å². The van der Waals surface area contributed by atoms with Crippen molar-refractivity contribution in [3.8, 4) is 11.4 Å². The summed E-state index contributed by atoms with van der Waals surface area (Å²) in [7, 11) is 1.54. The zero-order valence-electron chi connectivity index (χ0n) is 19.1. The summed E-state index contributed by atoms with van der Waals surface area (Å²) < 4.78 is 20.5. The number of methoxy groups -OCH3 is 1. The molecule has 1 saturated heterocycles. The van der Waals surface area contributed by atoms with Crippen molar-refractivity contribution in [3.05, 3.63) is 81.9 Å². The fourth-order valence-corrected chi connectivity index (χ4v) is 4.43.